The maximum Gasteiger partial charge on any atom is 0.311 e. The van der Waals surface area contributed by atoms with Gasteiger partial charge in [0.25, 0.3) is 0 Å². The van der Waals surface area contributed by atoms with E-state index in [-0.39, 0.29) is 37.0 Å². The molecule has 1 aromatic carbocycles. The molecule has 0 aliphatic heterocycles. The highest BCUT2D eigenvalue weighted by molar-refractivity contribution is 7.89. The van der Waals surface area contributed by atoms with Crippen molar-refractivity contribution in [2.75, 3.05) is 25.6 Å². The van der Waals surface area contributed by atoms with E-state index < -0.39 is 14.9 Å². The molecule has 0 saturated heterocycles. The molecule has 0 radical (unpaired) electrons. The minimum Gasteiger partial charge on any atom is -0.484 e. The number of primary sulfonamides is 1. The van der Waals surface area contributed by atoms with Crippen LogP contribution in [-0.4, -0.2) is 38.9 Å². The Morgan fingerprint density at radius 2 is 2.00 bits per heavy atom. The zero-order chi connectivity index (χ0) is 15.9. The van der Waals surface area contributed by atoms with Crippen LogP contribution in [0.3, 0.4) is 0 Å². The van der Waals surface area contributed by atoms with Gasteiger partial charge in [-0.1, -0.05) is 13.0 Å². The largest absolute Gasteiger partial charge is 0.484 e. The lowest BCUT2D eigenvalue weighted by atomic mass is 10.1. The first-order valence-electron chi connectivity index (χ1n) is 6.32. The molecule has 0 amide bonds. The minimum atomic E-state index is -3.54. The van der Waals surface area contributed by atoms with Crippen LogP contribution in [0.25, 0.3) is 0 Å². The van der Waals surface area contributed by atoms with Crippen LogP contribution >= 0.6 is 0 Å². The second kappa shape index (κ2) is 7.91. The molecule has 0 aliphatic rings. The minimum absolute atomic E-state index is 0.0426. The van der Waals surface area contributed by atoms with Crippen molar-refractivity contribution in [2.45, 2.75) is 13.3 Å². The van der Waals surface area contributed by atoms with Crippen LogP contribution in [0, 0.1) is 10.1 Å². The number of nitrogens with zero attached hydrogens (tertiary/aromatic N) is 1. The second-order valence-electron chi connectivity index (χ2n) is 4.24. The highest BCUT2D eigenvalue weighted by atomic mass is 32.2. The van der Waals surface area contributed by atoms with Gasteiger partial charge in [0, 0.05) is 6.07 Å². The molecule has 0 atom stereocenters. The van der Waals surface area contributed by atoms with Crippen molar-refractivity contribution in [3.05, 3.63) is 33.9 Å². The summed E-state index contributed by atoms with van der Waals surface area (Å²) in [6.45, 7) is 2.05. The summed E-state index contributed by atoms with van der Waals surface area (Å²) < 4.78 is 31.6. The fourth-order valence-corrected chi connectivity index (χ4v) is 1.89. The summed E-state index contributed by atoms with van der Waals surface area (Å²) in [4.78, 5) is 10.4. The van der Waals surface area contributed by atoms with Gasteiger partial charge >= 0.3 is 5.69 Å². The normalized spacial score (nSPS) is 11.3. The third-order valence-corrected chi connectivity index (χ3v) is 3.36. The van der Waals surface area contributed by atoms with E-state index in [1.165, 1.54) is 6.07 Å². The molecule has 1 aromatic rings. The molecule has 0 saturated carbocycles. The standard InChI is InChI=1S/C12H18N2O6S/c1-2-10-3-4-12(11(9-10)14(15)16)20-6-5-19-7-8-21(13,17)18/h3-4,9H,2,5-8H2,1H3,(H2,13,17,18). The van der Waals surface area contributed by atoms with Gasteiger partial charge in [-0.15, -0.1) is 0 Å². The molecule has 0 aromatic heterocycles. The van der Waals surface area contributed by atoms with Crippen LogP contribution in [0.4, 0.5) is 5.69 Å². The second-order valence-corrected chi connectivity index (χ2v) is 5.97. The van der Waals surface area contributed by atoms with Crippen LogP contribution in [-0.2, 0) is 21.2 Å². The highest BCUT2D eigenvalue weighted by Gasteiger charge is 2.15. The van der Waals surface area contributed by atoms with Gasteiger partial charge in [-0.05, 0) is 18.1 Å². The van der Waals surface area contributed by atoms with Crippen molar-refractivity contribution in [3.63, 3.8) is 0 Å². The quantitative estimate of drug-likeness (QED) is 0.409. The van der Waals surface area contributed by atoms with E-state index in [2.05, 4.69) is 0 Å². The van der Waals surface area contributed by atoms with Crippen LogP contribution in [0.15, 0.2) is 18.2 Å². The average Bonchev–Trinajstić information content (AvgIpc) is 2.41. The number of benzene rings is 1. The summed E-state index contributed by atoms with van der Waals surface area (Å²) in [7, 11) is -3.54. The molecular formula is C12H18N2O6S. The smallest absolute Gasteiger partial charge is 0.311 e. The van der Waals surface area contributed by atoms with Crippen LogP contribution in [0.2, 0.25) is 0 Å². The molecule has 0 spiro atoms. The molecule has 0 aliphatic carbocycles. The summed E-state index contributed by atoms with van der Waals surface area (Å²) in [6.07, 6.45) is 0.692. The predicted octanol–water partition coefficient (Wildman–Crippen LogP) is 0.841. The van der Waals surface area contributed by atoms with Gasteiger partial charge in [0.05, 0.1) is 23.9 Å². The third-order valence-electron chi connectivity index (χ3n) is 2.63. The Balaban J connectivity index is 2.46. The van der Waals surface area contributed by atoms with Gasteiger partial charge in [0.15, 0.2) is 5.75 Å². The van der Waals surface area contributed by atoms with E-state index >= 15 is 0 Å². The Morgan fingerprint density at radius 3 is 2.57 bits per heavy atom. The number of aryl methyl sites for hydroxylation is 1. The molecule has 0 fully saturated rings. The van der Waals surface area contributed by atoms with E-state index in [1.54, 1.807) is 12.1 Å². The summed E-state index contributed by atoms with van der Waals surface area (Å²) in [6, 6.07) is 4.77. The van der Waals surface area contributed by atoms with Crippen molar-refractivity contribution >= 4 is 15.7 Å². The van der Waals surface area contributed by atoms with Crippen molar-refractivity contribution in [2.24, 2.45) is 5.14 Å². The lowest BCUT2D eigenvalue weighted by Crippen LogP contribution is -2.21. The number of rotatable bonds is 9. The first-order valence-corrected chi connectivity index (χ1v) is 8.03. The van der Waals surface area contributed by atoms with E-state index in [4.69, 9.17) is 14.6 Å². The lowest BCUT2D eigenvalue weighted by molar-refractivity contribution is -0.385. The highest BCUT2D eigenvalue weighted by Crippen LogP contribution is 2.28. The number of ether oxygens (including phenoxy) is 2. The Kier molecular flexibility index (Phi) is 6.53. The Morgan fingerprint density at radius 1 is 1.29 bits per heavy atom. The van der Waals surface area contributed by atoms with E-state index in [0.29, 0.717) is 6.42 Å². The first-order chi connectivity index (χ1) is 9.83. The summed E-state index contributed by atoms with van der Waals surface area (Å²) in [5.41, 5.74) is 0.748. The molecule has 0 bridgehead atoms. The molecule has 2 N–H and O–H groups in total. The van der Waals surface area contributed by atoms with E-state index in [0.717, 1.165) is 5.56 Å². The average molecular weight is 318 g/mol. The Hall–Kier alpha value is -1.71. The number of nitro benzene ring substituents is 1. The van der Waals surface area contributed by atoms with Gasteiger partial charge in [-0.2, -0.15) is 0 Å². The molecule has 9 heteroatoms. The maximum atomic E-state index is 10.9. The topological polar surface area (TPSA) is 122 Å². The van der Waals surface area contributed by atoms with Crippen molar-refractivity contribution in [1.29, 1.82) is 0 Å². The van der Waals surface area contributed by atoms with Crippen LogP contribution in [0.5, 0.6) is 5.75 Å². The SMILES string of the molecule is CCc1ccc(OCCOCCS(N)(=O)=O)c([N+](=O)[O-])c1. The summed E-state index contributed by atoms with van der Waals surface area (Å²) >= 11 is 0. The van der Waals surface area contributed by atoms with Gasteiger partial charge in [-0.3, -0.25) is 10.1 Å². The number of nitro groups is 1. The number of hydrogen-bond acceptors (Lipinski definition) is 6. The molecular weight excluding hydrogens is 300 g/mol. The fourth-order valence-electron chi connectivity index (χ4n) is 1.54. The van der Waals surface area contributed by atoms with Gasteiger partial charge in [-0.25, -0.2) is 13.6 Å². The third kappa shape index (κ3) is 6.52. The van der Waals surface area contributed by atoms with Crippen LogP contribution in [0.1, 0.15) is 12.5 Å². The lowest BCUT2D eigenvalue weighted by Gasteiger charge is -2.08. The maximum absolute atomic E-state index is 10.9. The fraction of sp³-hybridized carbons (Fsp3) is 0.500. The van der Waals surface area contributed by atoms with Gasteiger partial charge in [0.2, 0.25) is 10.0 Å². The molecule has 0 heterocycles. The number of hydrogen-bond donors (Lipinski definition) is 1. The molecule has 1 rings (SSSR count). The number of nitrogens with two attached hydrogens (primary N) is 1. The van der Waals surface area contributed by atoms with E-state index in [1.807, 2.05) is 6.92 Å². The molecule has 8 nitrogen and oxygen atoms in total. The monoisotopic (exact) mass is 318 g/mol. The van der Waals surface area contributed by atoms with Crippen molar-refractivity contribution in [1.82, 2.24) is 0 Å². The number of sulfonamides is 1. The van der Waals surface area contributed by atoms with E-state index in [9.17, 15) is 18.5 Å². The van der Waals surface area contributed by atoms with Gasteiger partial charge in [0.1, 0.15) is 6.61 Å². The van der Waals surface area contributed by atoms with Crippen molar-refractivity contribution < 1.29 is 22.8 Å². The molecule has 118 valence electrons. The summed E-state index contributed by atoms with van der Waals surface area (Å²) in [5.74, 6) is -0.120. The molecule has 0 unspecified atom stereocenters. The zero-order valence-electron chi connectivity index (χ0n) is 11.6. The Labute approximate surface area is 123 Å². The van der Waals surface area contributed by atoms with Crippen LogP contribution < -0.4 is 9.88 Å². The summed E-state index contributed by atoms with van der Waals surface area (Å²) in [5, 5.41) is 15.8. The van der Waals surface area contributed by atoms with Gasteiger partial charge < -0.3 is 9.47 Å². The van der Waals surface area contributed by atoms with Crippen molar-refractivity contribution in [3.8, 4) is 5.75 Å². The Bertz CT molecular complexity index is 587. The zero-order valence-corrected chi connectivity index (χ0v) is 12.5. The first kappa shape index (κ1) is 17.3. The predicted molar refractivity (Wildman–Crippen MR) is 76.8 cm³/mol. The molecule has 21 heavy (non-hydrogen) atoms.